The molecule has 0 aliphatic heterocycles. The third-order valence-electron chi connectivity index (χ3n) is 4.19. The quantitative estimate of drug-likeness (QED) is 0.243. The Morgan fingerprint density at radius 1 is 0.931 bits per heavy atom. The van der Waals surface area contributed by atoms with Gasteiger partial charge in [-0.3, -0.25) is 20.3 Å². The van der Waals surface area contributed by atoms with Gasteiger partial charge in [-0.2, -0.15) is 5.10 Å². The molecule has 0 spiro atoms. The van der Waals surface area contributed by atoms with Gasteiger partial charge in [-0.25, -0.2) is 0 Å². The zero-order valence-electron chi connectivity index (χ0n) is 15.1. The molecular weight excluding hydrogens is 374 g/mol. The van der Waals surface area contributed by atoms with Crippen molar-refractivity contribution in [2.75, 3.05) is 5.43 Å². The molecule has 0 amide bonds. The van der Waals surface area contributed by atoms with Crippen LogP contribution in [0.5, 0.6) is 11.5 Å². The number of benzene rings is 3. The van der Waals surface area contributed by atoms with Gasteiger partial charge in [-0.15, -0.1) is 0 Å². The zero-order chi connectivity index (χ0) is 20.8. The first-order chi connectivity index (χ1) is 14.0. The Bertz CT molecular complexity index is 1080. The highest BCUT2D eigenvalue weighted by molar-refractivity contribution is 5.84. The summed E-state index contributed by atoms with van der Waals surface area (Å²) in [7, 11) is 0. The van der Waals surface area contributed by atoms with Crippen LogP contribution in [0.3, 0.4) is 0 Å². The van der Waals surface area contributed by atoms with E-state index in [0.29, 0.717) is 24.0 Å². The van der Waals surface area contributed by atoms with E-state index in [-0.39, 0.29) is 22.7 Å². The number of nitrogens with one attached hydrogen (secondary N) is 1. The summed E-state index contributed by atoms with van der Waals surface area (Å²) in [6.45, 7) is 0. The van der Waals surface area contributed by atoms with E-state index in [0.717, 1.165) is 11.1 Å². The monoisotopic (exact) mass is 391 g/mol. The van der Waals surface area contributed by atoms with Gasteiger partial charge in [-0.05, 0) is 53.9 Å². The molecule has 146 valence electrons. The molecule has 0 heterocycles. The van der Waals surface area contributed by atoms with Gasteiger partial charge in [0.25, 0.3) is 5.69 Å². The van der Waals surface area contributed by atoms with Gasteiger partial charge in [0, 0.05) is 17.7 Å². The summed E-state index contributed by atoms with van der Waals surface area (Å²) in [5, 5.41) is 34.3. The summed E-state index contributed by atoms with van der Waals surface area (Å²) in [6, 6.07) is 15.6. The molecule has 0 atom stereocenters. The molecule has 0 radical (unpaired) electrons. The highest BCUT2D eigenvalue weighted by Gasteiger charge is 2.06. The van der Waals surface area contributed by atoms with Crippen LogP contribution < -0.4 is 5.43 Å². The van der Waals surface area contributed by atoms with Crippen molar-refractivity contribution in [3.05, 3.63) is 93.0 Å². The Hall–Kier alpha value is -4.20. The predicted octanol–water partition coefficient (Wildman–Crippen LogP) is 3.86. The van der Waals surface area contributed by atoms with Crippen molar-refractivity contribution in [2.45, 2.75) is 6.42 Å². The molecule has 29 heavy (non-hydrogen) atoms. The number of carbonyl (C=O) groups is 1. The van der Waals surface area contributed by atoms with Crippen molar-refractivity contribution < 1.29 is 19.9 Å². The van der Waals surface area contributed by atoms with Crippen LogP contribution in [-0.2, 0) is 6.42 Å². The first-order valence-electron chi connectivity index (χ1n) is 8.59. The molecule has 0 aliphatic rings. The number of phenolic OH excluding ortho intramolecular Hbond substituents is 2. The van der Waals surface area contributed by atoms with Gasteiger partial charge >= 0.3 is 0 Å². The maximum absolute atomic E-state index is 11.0. The fraction of sp³-hybridized carbons (Fsp3) is 0.0476. The van der Waals surface area contributed by atoms with Crippen molar-refractivity contribution in [1.29, 1.82) is 0 Å². The van der Waals surface area contributed by atoms with Gasteiger partial charge < -0.3 is 10.2 Å². The minimum absolute atomic E-state index is 0.0168. The molecule has 3 aromatic rings. The number of phenols is 2. The van der Waals surface area contributed by atoms with E-state index >= 15 is 0 Å². The van der Waals surface area contributed by atoms with Crippen LogP contribution in [0.4, 0.5) is 11.4 Å². The predicted molar refractivity (Wildman–Crippen MR) is 109 cm³/mol. The summed E-state index contributed by atoms with van der Waals surface area (Å²) >= 11 is 0. The van der Waals surface area contributed by atoms with Gasteiger partial charge in [-0.1, -0.05) is 12.1 Å². The molecule has 0 aliphatic carbocycles. The summed E-state index contributed by atoms with van der Waals surface area (Å²) in [5.74, 6) is -0.0260. The Balaban J connectivity index is 1.72. The van der Waals surface area contributed by atoms with Crippen LogP contribution >= 0.6 is 0 Å². The van der Waals surface area contributed by atoms with Crippen LogP contribution in [0.2, 0.25) is 0 Å². The van der Waals surface area contributed by atoms with Crippen molar-refractivity contribution in [1.82, 2.24) is 0 Å². The highest BCUT2D eigenvalue weighted by Crippen LogP contribution is 2.22. The first-order valence-corrected chi connectivity index (χ1v) is 8.59. The smallest absolute Gasteiger partial charge is 0.269 e. The fourth-order valence-corrected chi connectivity index (χ4v) is 2.70. The summed E-state index contributed by atoms with van der Waals surface area (Å²) < 4.78 is 0. The van der Waals surface area contributed by atoms with Gasteiger partial charge in [0.1, 0.15) is 11.5 Å². The van der Waals surface area contributed by atoms with E-state index in [9.17, 15) is 25.1 Å². The molecule has 0 aromatic heterocycles. The van der Waals surface area contributed by atoms with Gasteiger partial charge in [0.2, 0.25) is 0 Å². The Morgan fingerprint density at radius 3 is 2.10 bits per heavy atom. The number of hydrazone groups is 1. The number of carbonyl (C=O) groups excluding carboxylic acids is 1. The molecule has 8 heteroatoms. The van der Waals surface area contributed by atoms with E-state index in [1.807, 2.05) is 0 Å². The number of non-ortho nitro benzene ring substituents is 1. The number of aromatic hydroxyl groups is 2. The second-order valence-corrected chi connectivity index (χ2v) is 6.25. The van der Waals surface area contributed by atoms with Crippen LogP contribution in [0.1, 0.15) is 27.0 Å². The number of nitro groups is 1. The average molecular weight is 391 g/mol. The lowest BCUT2D eigenvalue weighted by molar-refractivity contribution is -0.384. The van der Waals surface area contributed by atoms with E-state index in [1.54, 1.807) is 30.3 Å². The maximum atomic E-state index is 11.0. The zero-order valence-corrected chi connectivity index (χ0v) is 15.1. The molecule has 3 rings (SSSR count). The Kier molecular flexibility index (Phi) is 5.84. The third kappa shape index (κ3) is 4.95. The molecule has 8 nitrogen and oxygen atoms in total. The molecule has 3 N–H and O–H groups in total. The number of hydrogen-bond acceptors (Lipinski definition) is 7. The largest absolute Gasteiger partial charge is 0.507 e. The molecule has 3 aromatic carbocycles. The summed E-state index contributed by atoms with van der Waals surface area (Å²) in [5.41, 5.74) is 5.70. The van der Waals surface area contributed by atoms with Crippen LogP contribution in [-0.4, -0.2) is 27.6 Å². The lowest BCUT2D eigenvalue weighted by Gasteiger charge is -2.07. The number of anilines is 1. The van der Waals surface area contributed by atoms with Crippen molar-refractivity contribution in [3.8, 4) is 11.5 Å². The first kappa shape index (κ1) is 19.6. The molecule has 0 saturated heterocycles. The minimum Gasteiger partial charge on any atom is -0.507 e. The normalized spacial score (nSPS) is 10.8. The van der Waals surface area contributed by atoms with Gasteiger partial charge in [0.05, 0.1) is 22.4 Å². The van der Waals surface area contributed by atoms with Crippen molar-refractivity contribution in [3.63, 3.8) is 0 Å². The fourth-order valence-electron chi connectivity index (χ4n) is 2.70. The van der Waals surface area contributed by atoms with Crippen molar-refractivity contribution >= 4 is 23.9 Å². The lowest BCUT2D eigenvalue weighted by Crippen LogP contribution is -1.95. The number of rotatable bonds is 7. The highest BCUT2D eigenvalue weighted by atomic mass is 16.6. The summed E-state index contributed by atoms with van der Waals surface area (Å²) in [6.07, 6.45) is 2.53. The lowest BCUT2D eigenvalue weighted by atomic mass is 10.0. The third-order valence-corrected chi connectivity index (χ3v) is 4.19. The van der Waals surface area contributed by atoms with Crippen LogP contribution in [0.15, 0.2) is 65.8 Å². The van der Waals surface area contributed by atoms with E-state index in [1.165, 1.54) is 36.5 Å². The van der Waals surface area contributed by atoms with E-state index < -0.39 is 4.92 Å². The second-order valence-electron chi connectivity index (χ2n) is 6.25. The minimum atomic E-state index is -0.483. The molecule has 0 unspecified atom stereocenters. The average Bonchev–Trinajstić information content (AvgIpc) is 2.72. The number of aldehydes is 1. The van der Waals surface area contributed by atoms with E-state index in [4.69, 9.17) is 0 Å². The van der Waals surface area contributed by atoms with Crippen LogP contribution in [0.25, 0.3) is 0 Å². The van der Waals surface area contributed by atoms with Gasteiger partial charge in [0.15, 0.2) is 6.29 Å². The number of nitrogens with zero attached hydrogens (tertiary/aromatic N) is 2. The molecule has 0 bridgehead atoms. The van der Waals surface area contributed by atoms with Crippen LogP contribution in [0, 0.1) is 10.1 Å². The molecular formula is C21H17N3O5. The summed E-state index contributed by atoms with van der Waals surface area (Å²) in [4.78, 5) is 21.1. The molecule has 0 saturated carbocycles. The Labute approximate surface area is 165 Å². The number of hydrogen-bond donors (Lipinski definition) is 3. The second kappa shape index (κ2) is 8.66. The molecule has 0 fully saturated rings. The van der Waals surface area contributed by atoms with Crippen molar-refractivity contribution in [2.24, 2.45) is 5.10 Å². The number of nitro benzene ring substituents is 1. The Morgan fingerprint density at radius 2 is 1.52 bits per heavy atom. The standard InChI is InChI=1S/C21H17N3O5/c25-13-17-11-15(2-8-21(17)27)9-14-1-7-20(26)16(10-14)12-22-23-18-3-5-19(6-4-18)24(28)29/h1-8,10-13,23,26-27H,9H2. The van der Waals surface area contributed by atoms with E-state index in [2.05, 4.69) is 10.5 Å². The maximum Gasteiger partial charge on any atom is 0.269 e. The SMILES string of the molecule is O=Cc1cc(Cc2ccc(O)c(C=NNc3ccc([N+](=O)[O-])cc3)c2)ccc1O. The topological polar surface area (TPSA) is 125 Å².